The second-order valence-corrected chi connectivity index (χ2v) is 6.28. The van der Waals surface area contributed by atoms with Crippen LogP contribution in [0.5, 0.6) is 0 Å². The van der Waals surface area contributed by atoms with Crippen molar-refractivity contribution >= 4 is 29.7 Å². The first-order valence-electron chi connectivity index (χ1n) is 7.64. The zero-order valence-corrected chi connectivity index (χ0v) is 15.0. The number of thiazole rings is 1. The number of aryl methyl sites for hydroxylation is 1. The zero-order chi connectivity index (χ0) is 15.8. The number of hydrogen-bond donors (Lipinski definition) is 1. The number of amides is 1. The average Bonchev–Trinajstić information content (AvgIpc) is 3.00. The predicted molar refractivity (Wildman–Crippen MR) is 98.5 cm³/mol. The fourth-order valence-corrected chi connectivity index (χ4v) is 3.06. The highest BCUT2D eigenvalue weighted by Crippen LogP contribution is 2.12. The van der Waals surface area contributed by atoms with Crippen molar-refractivity contribution in [3.63, 3.8) is 0 Å². The van der Waals surface area contributed by atoms with Gasteiger partial charge in [-0.3, -0.25) is 4.79 Å². The van der Waals surface area contributed by atoms with Crippen LogP contribution < -0.4 is 5.73 Å². The number of halogens is 1. The average molecular weight is 354 g/mol. The predicted octanol–water partition coefficient (Wildman–Crippen LogP) is 3.16. The molecule has 2 aromatic rings. The molecule has 0 radical (unpaired) electrons. The van der Waals surface area contributed by atoms with Gasteiger partial charge in [0.15, 0.2) is 0 Å². The number of nitrogens with two attached hydrogens (primary N) is 1. The van der Waals surface area contributed by atoms with Crippen LogP contribution in [0.4, 0.5) is 0 Å². The molecule has 0 atom stereocenters. The van der Waals surface area contributed by atoms with Gasteiger partial charge in [-0.05, 0) is 31.4 Å². The Bertz CT molecular complexity index is 589. The fraction of sp³-hybridized carbons (Fsp3) is 0.412. The molecule has 2 rings (SSSR count). The number of nitrogens with zero attached hydrogens (tertiary/aromatic N) is 2. The summed E-state index contributed by atoms with van der Waals surface area (Å²) in [5.41, 5.74) is 7.40. The van der Waals surface area contributed by atoms with Crippen molar-refractivity contribution in [2.45, 2.75) is 25.7 Å². The van der Waals surface area contributed by atoms with Crippen molar-refractivity contribution in [1.82, 2.24) is 9.88 Å². The van der Waals surface area contributed by atoms with Gasteiger partial charge in [0, 0.05) is 25.4 Å². The molecule has 1 aromatic carbocycles. The van der Waals surface area contributed by atoms with Gasteiger partial charge in [0.1, 0.15) is 5.69 Å². The minimum absolute atomic E-state index is 0. The summed E-state index contributed by atoms with van der Waals surface area (Å²) in [6, 6.07) is 10.4. The van der Waals surface area contributed by atoms with Crippen LogP contribution in [0.25, 0.3) is 0 Å². The van der Waals surface area contributed by atoms with Crippen LogP contribution >= 0.6 is 23.7 Å². The smallest absolute Gasteiger partial charge is 0.273 e. The molecule has 0 unspecified atom stereocenters. The summed E-state index contributed by atoms with van der Waals surface area (Å²) in [4.78, 5) is 18.4. The minimum Gasteiger partial charge on any atom is -0.340 e. The Morgan fingerprint density at radius 2 is 1.96 bits per heavy atom. The van der Waals surface area contributed by atoms with E-state index in [0.29, 0.717) is 12.2 Å². The lowest BCUT2D eigenvalue weighted by Crippen LogP contribution is -2.28. The van der Waals surface area contributed by atoms with E-state index < -0.39 is 0 Å². The van der Waals surface area contributed by atoms with Crippen LogP contribution in [0.1, 0.15) is 33.9 Å². The van der Waals surface area contributed by atoms with E-state index in [1.807, 2.05) is 18.5 Å². The summed E-state index contributed by atoms with van der Waals surface area (Å²) < 4.78 is 0. The van der Waals surface area contributed by atoms with Gasteiger partial charge in [-0.25, -0.2) is 4.98 Å². The molecule has 1 amide bonds. The Hall–Kier alpha value is -1.43. The summed E-state index contributed by atoms with van der Waals surface area (Å²) in [6.07, 6.45) is 3.87. The molecular formula is C17H24ClN3OS. The molecule has 4 nitrogen and oxygen atoms in total. The first kappa shape index (κ1) is 19.6. The van der Waals surface area contributed by atoms with E-state index >= 15 is 0 Å². The molecular weight excluding hydrogens is 330 g/mol. The van der Waals surface area contributed by atoms with Crippen molar-refractivity contribution in [3.8, 4) is 0 Å². The van der Waals surface area contributed by atoms with Gasteiger partial charge in [-0.15, -0.1) is 23.7 Å². The number of carbonyl (C=O) groups is 1. The second kappa shape index (κ2) is 10.4. The fourth-order valence-electron chi connectivity index (χ4n) is 2.27. The van der Waals surface area contributed by atoms with Gasteiger partial charge in [0.25, 0.3) is 5.91 Å². The second-order valence-electron chi connectivity index (χ2n) is 5.33. The van der Waals surface area contributed by atoms with Crippen molar-refractivity contribution in [3.05, 3.63) is 52.0 Å². The molecule has 1 heterocycles. The van der Waals surface area contributed by atoms with Crippen molar-refractivity contribution < 1.29 is 4.79 Å². The molecule has 23 heavy (non-hydrogen) atoms. The highest BCUT2D eigenvalue weighted by atomic mass is 35.5. The largest absolute Gasteiger partial charge is 0.340 e. The standard InChI is InChI=1S/C17H23N3OS.ClH/c1-20(12-6-5-9-14-7-3-2-4-8-14)17(21)15-13-22-16(19-15)10-11-18;/h2-4,7-8,13H,5-6,9-12,18H2,1H3;1H. The Morgan fingerprint density at radius 1 is 1.22 bits per heavy atom. The SMILES string of the molecule is CN(CCCCc1ccccc1)C(=O)c1csc(CCN)n1.Cl. The number of rotatable bonds is 8. The lowest BCUT2D eigenvalue weighted by Gasteiger charge is -2.15. The maximum atomic E-state index is 12.3. The molecule has 126 valence electrons. The van der Waals surface area contributed by atoms with Crippen LogP contribution in [0.3, 0.4) is 0 Å². The topological polar surface area (TPSA) is 59.2 Å². The molecule has 0 spiro atoms. The summed E-state index contributed by atoms with van der Waals surface area (Å²) in [6.45, 7) is 1.33. The van der Waals surface area contributed by atoms with Crippen molar-refractivity contribution in [1.29, 1.82) is 0 Å². The Kier molecular flexibility index (Phi) is 8.84. The first-order valence-corrected chi connectivity index (χ1v) is 8.52. The van der Waals surface area contributed by atoms with Gasteiger partial charge >= 0.3 is 0 Å². The molecule has 0 saturated carbocycles. The quantitative estimate of drug-likeness (QED) is 0.741. The third-order valence-corrected chi connectivity index (χ3v) is 4.44. The molecule has 0 bridgehead atoms. The molecule has 0 aliphatic rings. The van der Waals surface area contributed by atoms with Gasteiger partial charge in [0.05, 0.1) is 5.01 Å². The third kappa shape index (κ3) is 6.29. The van der Waals surface area contributed by atoms with E-state index in [0.717, 1.165) is 37.2 Å². The third-order valence-electron chi connectivity index (χ3n) is 3.53. The normalized spacial score (nSPS) is 10.2. The molecule has 0 aliphatic heterocycles. The van der Waals surface area contributed by atoms with Crippen LogP contribution in [0.2, 0.25) is 0 Å². The van der Waals surface area contributed by atoms with Crippen LogP contribution in [-0.2, 0) is 12.8 Å². The lowest BCUT2D eigenvalue weighted by molar-refractivity contribution is 0.0787. The van der Waals surface area contributed by atoms with Crippen LogP contribution in [-0.4, -0.2) is 35.9 Å². The van der Waals surface area contributed by atoms with Crippen molar-refractivity contribution in [2.24, 2.45) is 5.73 Å². The molecule has 0 saturated heterocycles. The number of aromatic nitrogens is 1. The lowest BCUT2D eigenvalue weighted by atomic mass is 10.1. The van der Waals surface area contributed by atoms with Gasteiger partial charge in [0.2, 0.25) is 0 Å². The van der Waals surface area contributed by atoms with Crippen molar-refractivity contribution in [2.75, 3.05) is 20.1 Å². The van der Waals surface area contributed by atoms with Crippen LogP contribution in [0.15, 0.2) is 35.7 Å². The van der Waals surface area contributed by atoms with E-state index in [-0.39, 0.29) is 18.3 Å². The first-order chi connectivity index (χ1) is 10.7. The summed E-state index contributed by atoms with van der Waals surface area (Å²) >= 11 is 1.51. The molecule has 1 aromatic heterocycles. The maximum Gasteiger partial charge on any atom is 0.273 e. The summed E-state index contributed by atoms with van der Waals surface area (Å²) in [5, 5.41) is 2.76. The number of carbonyl (C=O) groups excluding carboxylic acids is 1. The molecule has 0 fully saturated rings. The summed E-state index contributed by atoms with van der Waals surface area (Å²) in [5.74, 6) is -0.000711. The Morgan fingerprint density at radius 3 is 2.65 bits per heavy atom. The number of unbranched alkanes of at least 4 members (excludes halogenated alkanes) is 1. The molecule has 6 heteroatoms. The van der Waals surface area contributed by atoms with E-state index in [1.165, 1.54) is 16.9 Å². The van der Waals surface area contributed by atoms with Gasteiger partial charge < -0.3 is 10.6 Å². The molecule has 0 aliphatic carbocycles. The Labute approximate surface area is 148 Å². The van der Waals surface area contributed by atoms with E-state index in [1.54, 1.807) is 4.90 Å². The van der Waals surface area contributed by atoms with E-state index in [4.69, 9.17) is 5.73 Å². The summed E-state index contributed by atoms with van der Waals surface area (Å²) in [7, 11) is 1.84. The zero-order valence-electron chi connectivity index (χ0n) is 13.4. The Balaban J connectivity index is 0.00000264. The highest BCUT2D eigenvalue weighted by molar-refractivity contribution is 7.09. The highest BCUT2D eigenvalue weighted by Gasteiger charge is 2.14. The van der Waals surface area contributed by atoms with Gasteiger partial charge in [-0.1, -0.05) is 30.3 Å². The number of hydrogen-bond acceptors (Lipinski definition) is 4. The maximum absolute atomic E-state index is 12.3. The molecule has 2 N–H and O–H groups in total. The van der Waals surface area contributed by atoms with E-state index in [2.05, 4.69) is 29.2 Å². The monoisotopic (exact) mass is 353 g/mol. The van der Waals surface area contributed by atoms with E-state index in [9.17, 15) is 4.79 Å². The van der Waals surface area contributed by atoms with Gasteiger partial charge in [-0.2, -0.15) is 0 Å². The minimum atomic E-state index is -0.000711. The van der Waals surface area contributed by atoms with Crippen LogP contribution in [0, 0.1) is 0 Å². The number of benzene rings is 1.